The fourth-order valence-corrected chi connectivity index (χ4v) is 6.47. The molecule has 2 aliphatic heterocycles. The molecule has 2 aliphatic rings. The van der Waals surface area contributed by atoms with Gasteiger partial charge in [0.05, 0.1) is 33.8 Å². The zero-order valence-electron chi connectivity index (χ0n) is 17.8. The molecule has 7 nitrogen and oxygen atoms in total. The number of para-hydroxylation sites is 1. The average Bonchev–Trinajstić information content (AvgIpc) is 3.19. The molecule has 0 aliphatic carbocycles. The summed E-state index contributed by atoms with van der Waals surface area (Å²) in [5.74, 6) is 0.116. The van der Waals surface area contributed by atoms with E-state index in [9.17, 15) is 13.2 Å². The van der Waals surface area contributed by atoms with Crippen molar-refractivity contribution in [1.82, 2.24) is 9.29 Å². The SMILES string of the molecule is CC1CCN(S(=O)(=O)c2ccc(C(=O)OC3CN(c4nc5ccccc5s4)C3)cc2)CC1. The van der Waals surface area contributed by atoms with Crippen LogP contribution in [0, 0.1) is 5.92 Å². The number of hydrogen-bond acceptors (Lipinski definition) is 7. The second-order valence-electron chi connectivity index (χ2n) is 8.51. The third-order valence-electron chi connectivity index (χ3n) is 6.15. The van der Waals surface area contributed by atoms with Crippen molar-refractivity contribution in [2.75, 3.05) is 31.1 Å². The number of hydrogen-bond donors (Lipinski definition) is 0. The molecule has 3 heterocycles. The number of carbonyl (C=O) groups is 1. The van der Waals surface area contributed by atoms with Gasteiger partial charge in [0.15, 0.2) is 5.13 Å². The van der Waals surface area contributed by atoms with Crippen LogP contribution in [0.2, 0.25) is 0 Å². The fourth-order valence-electron chi connectivity index (χ4n) is 4.02. The number of sulfonamides is 1. The molecule has 9 heteroatoms. The maximum atomic E-state index is 12.8. The number of anilines is 1. The molecular formula is C23H25N3O4S2. The first-order valence-corrected chi connectivity index (χ1v) is 13.1. The van der Waals surface area contributed by atoms with Crippen molar-refractivity contribution < 1.29 is 17.9 Å². The molecule has 2 saturated heterocycles. The predicted molar refractivity (Wildman–Crippen MR) is 125 cm³/mol. The summed E-state index contributed by atoms with van der Waals surface area (Å²) in [5, 5.41) is 0.931. The second-order valence-corrected chi connectivity index (χ2v) is 11.5. The second kappa shape index (κ2) is 8.46. The van der Waals surface area contributed by atoms with Gasteiger partial charge in [-0.2, -0.15) is 4.31 Å². The Morgan fingerprint density at radius 2 is 1.75 bits per heavy atom. The quantitative estimate of drug-likeness (QED) is 0.527. The van der Waals surface area contributed by atoms with Crippen LogP contribution in [0.3, 0.4) is 0 Å². The van der Waals surface area contributed by atoms with Gasteiger partial charge < -0.3 is 9.64 Å². The van der Waals surface area contributed by atoms with Gasteiger partial charge in [-0.05, 0) is 55.2 Å². The van der Waals surface area contributed by atoms with Crippen LogP contribution in [0.25, 0.3) is 10.2 Å². The summed E-state index contributed by atoms with van der Waals surface area (Å²) in [6.45, 7) is 4.43. The number of rotatable bonds is 5. The maximum absolute atomic E-state index is 12.8. The largest absolute Gasteiger partial charge is 0.455 e. The Balaban J connectivity index is 1.18. The van der Waals surface area contributed by atoms with E-state index in [0.717, 1.165) is 28.2 Å². The average molecular weight is 472 g/mol. The lowest BCUT2D eigenvalue weighted by molar-refractivity contribution is 0.0234. The van der Waals surface area contributed by atoms with E-state index in [4.69, 9.17) is 4.74 Å². The summed E-state index contributed by atoms with van der Waals surface area (Å²) in [6, 6.07) is 14.1. The molecular weight excluding hydrogens is 446 g/mol. The van der Waals surface area contributed by atoms with Crippen molar-refractivity contribution in [2.45, 2.75) is 30.8 Å². The van der Waals surface area contributed by atoms with Gasteiger partial charge in [-0.3, -0.25) is 0 Å². The Bertz CT molecular complexity index is 1190. The standard InChI is InChI=1S/C23H25N3O4S2/c1-16-10-12-26(13-11-16)32(28,29)19-8-6-17(7-9-19)22(27)30-18-14-25(15-18)23-24-20-4-2-3-5-21(20)31-23/h2-9,16,18H,10-15H2,1H3. The Labute approximate surface area is 191 Å². The van der Waals surface area contributed by atoms with Gasteiger partial charge in [0.25, 0.3) is 0 Å². The van der Waals surface area contributed by atoms with Crippen LogP contribution in [0.5, 0.6) is 0 Å². The molecule has 0 spiro atoms. The van der Waals surface area contributed by atoms with Gasteiger partial charge >= 0.3 is 5.97 Å². The molecule has 0 bridgehead atoms. The molecule has 0 N–H and O–H groups in total. The van der Waals surface area contributed by atoms with Crippen molar-refractivity contribution >= 4 is 42.7 Å². The van der Waals surface area contributed by atoms with E-state index in [2.05, 4.69) is 16.8 Å². The first kappa shape index (κ1) is 21.4. The van der Waals surface area contributed by atoms with E-state index in [0.29, 0.717) is 37.7 Å². The Morgan fingerprint density at radius 1 is 1.06 bits per heavy atom. The Hall–Kier alpha value is -2.49. The first-order valence-electron chi connectivity index (χ1n) is 10.8. The monoisotopic (exact) mass is 471 g/mol. The van der Waals surface area contributed by atoms with Gasteiger partial charge in [-0.1, -0.05) is 30.4 Å². The van der Waals surface area contributed by atoms with E-state index in [1.807, 2.05) is 24.3 Å². The number of fused-ring (bicyclic) bond motifs is 1. The Kier molecular flexibility index (Phi) is 5.65. The minimum Gasteiger partial charge on any atom is -0.455 e. The third-order valence-corrected chi connectivity index (χ3v) is 9.16. The minimum atomic E-state index is -3.52. The Morgan fingerprint density at radius 3 is 2.44 bits per heavy atom. The molecule has 5 rings (SSSR count). The molecule has 2 fully saturated rings. The predicted octanol–water partition coefficient (Wildman–Crippen LogP) is 3.76. The third kappa shape index (κ3) is 4.12. The fraction of sp³-hybridized carbons (Fsp3) is 0.391. The zero-order valence-corrected chi connectivity index (χ0v) is 19.4. The highest BCUT2D eigenvalue weighted by Gasteiger charge is 2.33. The highest BCUT2D eigenvalue weighted by atomic mass is 32.2. The molecule has 0 atom stereocenters. The number of ether oxygens (including phenoxy) is 1. The van der Waals surface area contributed by atoms with Crippen molar-refractivity contribution in [1.29, 1.82) is 0 Å². The number of thiazole rings is 1. The van der Waals surface area contributed by atoms with E-state index in [1.54, 1.807) is 11.3 Å². The highest BCUT2D eigenvalue weighted by molar-refractivity contribution is 7.89. The molecule has 32 heavy (non-hydrogen) atoms. The van der Waals surface area contributed by atoms with Crippen molar-refractivity contribution in [3.8, 4) is 0 Å². The van der Waals surface area contributed by atoms with Gasteiger partial charge in [0.2, 0.25) is 10.0 Å². The molecule has 0 radical (unpaired) electrons. The molecule has 0 unspecified atom stereocenters. The van der Waals surface area contributed by atoms with Crippen LogP contribution in [-0.4, -0.2) is 56.0 Å². The van der Waals surface area contributed by atoms with Crippen molar-refractivity contribution in [3.05, 3.63) is 54.1 Å². The smallest absolute Gasteiger partial charge is 0.338 e. The molecule has 0 saturated carbocycles. The number of carbonyl (C=O) groups excluding carboxylic acids is 1. The number of esters is 1. The lowest BCUT2D eigenvalue weighted by Gasteiger charge is -2.38. The van der Waals surface area contributed by atoms with Crippen LogP contribution in [0.1, 0.15) is 30.1 Å². The van der Waals surface area contributed by atoms with Crippen LogP contribution in [-0.2, 0) is 14.8 Å². The van der Waals surface area contributed by atoms with Crippen molar-refractivity contribution in [2.24, 2.45) is 5.92 Å². The van der Waals surface area contributed by atoms with Gasteiger partial charge in [0, 0.05) is 13.1 Å². The summed E-state index contributed by atoms with van der Waals surface area (Å²) in [4.78, 5) is 19.5. The molecule has 3 aromatic rings. The summed E-state index contributed by atoms with van der Waals surface area (Å²) >= 11 is 1.63. The molecule has 168 valence electrons. The maximum Gasteiger partial charge on any atom is 0.338 e. The minimum absolute atomic E-state index is 0.201. The van der Waals surface area contributed by atoms with Gasteiger partial charge in [-0.25, -0.2) is 18.2 Å². The van der Waals surface area contributed by atoms with Gasteiger partial charge in [0.1, 0.15) is 6.10 Å². The summed E-state index contributed by atoms with van der Waals surface area (Å²) < 4.78 is 33.9. The molecule has 0 amide bonds. The summed E-state index contributed by atoms with van der Waals surface area (Å²) in [6.07, 6.45) is 1.55. The number of benzene rings is 2. The highest BCUT2D eigenvalue weighted by Crippen LogP contribution is 2.32. The van der Waals surface area contributed by atoms with Crippen LogP contribution in [0.15, 0.2) is 53.4 Å². The number of nitrogens with zero attached hydrogens (tertiary/aromatic N) is 3. The first-order chi connectivity index (χ1) is 15.4. The molecule has 1 aromatic heterocycles. The van der Waals surface area contributed by atoms with Crippen LogP contribution < -0.4 is 4.90 Å². The van der Waals surface area contributed by atoms with E-state index >= 15 is 0 Å². The summed E-state index contributed by atoms with van der Waals surface area (Å²) in [7, 11) is -3.52. The number of aromatic nitrogens is 1. The van der Waals surface area contributed by atoms with E-state index in [1.165, 1.54) is 28.6 Å². The summed E-state index contributed by atoms with van der Waals surface area (Å²) in [5.41, 5.74) is 1.33. The van der Waals surface area contributed by atoms with Gasteiger partial charge in [-0.15, -0.1) is 0 Å². The van der Waals surface area contributed by atoms with E-state index < -0.39 is 16.0 Å². The molecule has 2 aromatic carbocycles. The lowest BCUT2D eigenvalue weighted by atomic mass is 10.0. The normalized spacial score (nSPS) is 18.6. The van der Waals surface area contributed by atoms with Crippen LogP contribution >= 0.6 is 11.3 Å². The topological polar surface area (TPSA) is 79.8 Å². The van der Waals surface area contributed by atoms with Crippen molar-refractivity contribution in [3.63, 3.8) is 0 Å². The van der Waals surface area contributed by atoms with E-state index in [-0.39, 0.29) is 11.0 Å². The van der Waals surface area contributed by atoms with Crippen LogP contribution in [0.4, 0.5) is 5.13 Å². The zero-order chi connectivity index (χ0) is 22.3. The number of piperidine rings is 1. The lowest BCUT2D eigenvalue weighted by Crippen LogP contribution is -2.53.